The first-order valence-electron chi connectivity index (χ1n) is 8.16. The second-order valence-electron chi connectivity index (χ2n) is 6.10. The van der Waals surface area contributed by atoms with Gasteiger partial charge in [-0.2, -0.15) is 4.98 Å². The topological polar surface area (TPSA) is 67.1 Å². The average Bonchev–Trinajstić information content (AvgIpc) is 3.27. The molecule has 2 aromatic rings. The van der Waals surface area contributed by atoms with Crippen molar-refractivity contribution in [3.63, 3.8) is 0 Å². The molecule has 0 amide bonds. The number of anilines is 1. The fourth-order valence-corrected chi connectivity index (χ4v) is 3.21. The summed E-state index contributed by atoms with van der Waals surface area (Å²) in [7, 11) is 0. The summed E-state index contributed by atoms with van der Waals surface area (Å²) < 4.78 is 5.41. The summed E-state index contributed by atoms with van der Waals surface area (Å²) in [5.74, 6) is 2.77. The molecule has 0 unspecified atom stereocenters. The van der Waals surface area contributed by atoms with Gasteiger partial charge in [0.1, 0.15) is 5.82 Å². The third kappa shape index (κ3) is 3.48. The van der Waals surface area contributed by atoms with Crippen LogP contribution in [0.2, 0.25) is 0 Å². The second kappa shape index (κ2) is 7.27. The highest BCUT2D eigenvalue weighted by Crippen LogP contribution is 2.25. The maximum absolute atomic E-state index is 5.41. The fraction of sp³-hybridized carbons (Fsp3) is 0.562. The molecule has 2 aliphatic heterocycles. The van der Waals surface area contributed by atoms with Crippen LogP contribution in [0.15, 0.2) is 22.9 Å². The highest BCUT2D eigenvalue weighted by Gasteiger charge is 2.23. The largest absolute Gasteiger partial charge is 0.357 e. The number of nitrogens with one attached hydrogen (secondary N) is 1. The first-order chi connectivity index (χ1) is 10.9. The Bertz CT molecular complexity index is 618. The standard InChI is InChI=1S/C16H21N5O.ClH/c1-2-8-21(9-3-1)14-5-4-12(11-18-14)15-19-16(22-20-15)13-6-7-17-10-13;/h4-5,11,13,17H,1-3,6-10H2;1H/t13-;/m1./s1. The Balaban J connectivity index is 0.00000156. The molecule has 2 saturated heterocycles. The molecule has 6 nitrogen and oxygen atoms in total. The minimum absolute atomic E-state index is 0. The van der Waals surface area contributed by atoms with Crippen LogP contribution in [0.4, 0.5) is 5.82 Å². The molecule has 0 bridgehead atoms. The third-order valence-electron chi connectivity index (χ3n) is 4.54. The van der Waals surface area contributed by atoms with Crippen molar-refractivity contribution in [3.8, 4) is 11.4 Å². The normalized spacial score (nSPS) is 21.2. The summed E-state index contributed by atoms with van der Waals surface area (Å²) in [6.45, 7) is 4.16. The van der Waals surface area contributed by atoms with Crippen LogP contribution < -0.4 is 10.2 Å². The van der Waals surface area contributed by atoms with Gasteiger partial charge in [-0.05, 0) is 44.4 Å². The van der Waals surface area contributed by atoms with E-state index >= 15 is 0 Å². The quantitative estimate of drug-likeness (QED) is 0.930. The molecule has 4 heterocycles. The maximum atomic E-state index is 5.41. The third-order valence-corrected chi connectivity index (χ3v) is 4.54. The van der Waals surface area contributed by atoms with Crippen LogP contribution in [0, 0.1) is 0 Å². The fourth-order valence-electron chi connectivity index (χ4n) is 3.21. The van der Waals surface area contributed by atoms with Gasteiger partial charge >= 0.3 is 0 Å². The van der Waals surface area contributed by atoms with Crippen molar-refractivity contribution >= 4 is 18.2 Å². The number of hydrogen-bond donors (Lipinski definition) is 1. The first-order valence-corrected chi connectivity index (χ1v) is 8.16. The number of hydrogen-bond acceptors (Lipinski definition) is 6. The molecule has 2 aliphatic rings. The van der Waals surface area contributed by atoms with Gasteiger partial charge in [-0.1, -0.05) is 5.16 Å². The summed E-state index contributed by atoms with van der Waals surface area (Å²) in [5.41, 5.74) is 0.918. The van der Waals surface area contributed by atoms with E-state index in [-0.39, 0.29) is 12.4 Å². The van der Waals surface area contributed by atoms with Crippen LogP contribution in [0.1, 0.15) is 37.5 Å². The monoisotopic (exact) mass is 335 g/mol. The zero-order valence-electron chi connectivity index (χ0n) is 13.1. The molecule has 0 radical (unpaired) electrons. The Labute approximate surface area is 142 Å². The molecule has 4 rings (SSSR count). The van der Waals surface area contributed by atoms with E-state index in [1.54, 1.807) is 0 Å². The van der Waals surface area contributed by atoms with Gasteiger partial charge in [0, 0.05) is 31.4 Å². The molecule has 7 heteroatoms. The van der Waals surface area contributed by atoms with E-state index in [0.29, 0.717) is 11.7 Å². The van der Waals surface area contributed by atoms with E-state index in [2.05, 4.69) is 31.4 Å². The van der Waals surface area contributed by atoms with Crippen molar-refractivity contribution in [3.05, 3.63) is 24.2 Å². The Kier molecular flexibility index (Phi) is 5.13. The van der Waals surface area contributed by atoms with Gasteiger partial charge in [-0.3, -0.25) is 0 Å². The van der Waals surface area contributed by atoms with Gasteiger partial charge in [0.15, 0.2) is 0 Å². The summed E-state index contributed by atoms with van der Waals surface area (Å²) in [5, 5.41) is 7.42. The predicted octanol–water partition coefficient (Wildman–Crippen LogP) is 2.62. The molecule has 124 valence electrons. The van der Waals surface area contributed by atoms with Crippen LogP contribution in [-0.4, -0.2) is 41.3 Å². The molecular formula is C16H22ClN5O. The minimum Gasteiger partial charge on any atom is -0.357 e. The van der Waals surface area contributed by atoms with Crippen molar-refractivity contribution in [2.45, 2.75) is 31.6 Å². The van der Waals surface area contributed by atoms with Crippen LogP contribution in [0.3, 0.4) is 0 Å². The lowest BCUT2D eigenvalue weighted by atomic mass is 10.1. The first kappa shape index (κ1) is 16.2. The number of nitrogens with zero attached hydrogens (tertiary/aromatic N) is 4. The van der Waals surface area contributed by atoms with Crippen molar-refractivity contribution < 1.29 is 4.52 Å². The molecule has 0 aliphatic carbocycles. The Morgan fingerprint density at radius 1 is 1.17 bits per heavy atom. The lowest BCUT2D eigenvalue weighted by Crippen LogP contribution is -2.29. The Hall–Kier alpha value is -1.66. The van der Waals surface area contributed by atoms with Crippen molar-refractivity contribution in [1.82, 2.24) is 20.4 Å². The van der Waals surface area contributed by atoms with E-state index < -0.39 is 0 Å². The number of piperidine rings is 1. The van der Waals surface area contributed by atoms with E-state index in [1.165, 1.54) is 19.3 Å². The number of aromatic nitrogens is 3. The molecule has 0 saturated carbocycles. The number of pyridine rings is 1. The molecule has 23 heavy (non-hydrogen) atoms. The molecule has 1 N–H and O–H groups in total. The summed E-state index contributed by atoms with van der Waals surface area (Å²) in [4.78, 5) is 11.5. The van der Waals surface area contributed by atoms with Gasteiger partial charge in [0.25, 0.3) is 0 Å². The van der Waals surface area contributed by atoms with Crippen LogP contribution >= 0.6 is 12.4 Å². The highest BCUT2D eigenvalue weighted by molar-refractivity contribution is 5.85. The molecule has 1 atom stereocenters. The van der Waals surface area contributed by atoms with Gasteiger partial charge in [0.05, 0.1) is 5.92 Å². The Morgan fingerprint density at radius 2 is 2.04 bits per heavy atom. The second-order valence-corrected chi connectivity index (χ2v) is 6.10. The lowest BCUT2D eigenvalue weighted by Gasteiger charge is -2.27. The number of rotatable bonds is 3. The molecular weight excluding hydrogens is 314 g/mol. The molecule has 0 aromatic carbocycles. The van der Waals surface area contributed by atoms with E-state index in [4.69, 9.17) is 4.52 Å². The van der Waals surface area contributed by atoms with Gasteiger partial charge in [-0.15, -0.1) is 12.4 Å². The molecule has 2 aromatic heterocycles. The van der Waals surface area contributed by atoms with Gasteiger partial charge in [-0.25, -0.2) is 4.98 Å². The average molecular weight is 336 g/mol. The van der Waals surface area contributed by atoms with Crippen molar-refractivity contribution in [2.24, 2.45) is 0 Å². The zero-order chi connectivity index (χ0) is 14.8. The van der Waals surface area contributed by atoms with E-state index in [1.807, 2.05) is 12.3 Å². The van der Waals surface area contributed by atoms with Crippen LogP contribution in [-0.2, 0) is 0 Å². The Morgan fingerprint density at radius 3 is 2.74 bits per heavy atom. The minimum atomic E-state index is 0. The van der Waals surface area contributed by atoms with Gasteiger partial charge < -0.3 is 14.7 Å². The maximum Gasteiger partial charge on any atom is 0.231 e. The zero-order valence-corrected chi connectivity index (χ0v) is 13.9. The molecule has 0 spiro atoms. The summed E-state index contributed by atoms with van der Waals surface area (Å²) in [6.07, 6.45) is 6.76. The van der Waals surface area contributed by atoms with Crippen molar-refractivity contribution in [1.29, 1.82) is 0 Å². The predicted molar refractivity (Wildman–Crippen MR) is 91.1 cm³/mol. The van der Waals surface area contributed by atoms with Crippen molar-refractivity contribution in [2.75, 3.05) is 31.1 Å². The summed E-state index contributed by atoms with van der Waals surface area (Å²) in [6, 6.07) is 4.10. The van der Waals surface area contributed by atoms with Crippen LogP contribution in [0.25, 0.3) is 11.4 Å². The van der Waals surface area contributed by atoms with Crippen LogP contribution in [0.5, 0.6) is 0 Å². The van der Waals surface area contributed by atoms with Gasteiger partial charge in [0.2, 0.25) is 11.7 Å². The smallest absolute Gasteiger partial charge is 0.231 e. The number of halogens is 1. The molecule has 2 fully saturated rings. The SMILES string of the molecule is Cl.c1cc(N2CCCCC2)ncc1-c1noc([C@@H]2CCNC2)n1. The highest BCUT2D eigenvalue weighted by atomic mass is 35.5. The summed E-state index contributed by atoms with van der Waals surface area (Å²) >= 11 is 0. The lowest BCUT2D eigenvalue weighted by molar-refractivity contribution is 0.359. The van der Waals surface area contributed by atoms with E-state index in [0.717, 1.165) is 49.9 Å². The van der Waals surface area contributed by atoms with E-state index in [9.17, 15) is 0 Å².